The molecule has 3 aromatic rings. The number of alkyl halides is 2. The molecule has 6 heterocycles. The first kappa shape index (κ1) is 31.8. The normalized spacial score (nSPS) is 29.4. The highest BCUT2D eigenvalue weighted by atomic mass is 19.1. The number of morpholine rings is 2. The summed E-state index contributed by atoms with van der Waals surface area (Å²) in [7, 11) is 0. The number of carbonyl (C=O) groups is 1. The first-order valence-electron chi connectivity index (χ1n) is 18.0. The smallest absolute Gasteiger partial charge is 0.323 e. The predicted octanol–water partition coefficient (Wildman–Crippen LogP) is 4.35. The number of fused-ring (bicyclic) bond motifs is 4. The minimum absolute atomic E-state index is 0.184. The number of anilines is 5. The number of urea groups is 1. The van der Waals surface area contributed by atoms with Crippen LogP contribution in [0.2, 0.25) is 0 Å². The van der Waals surface area contributed by atoms with E-state index in [0.717, 1.165) is 32.1 Å². The molecule has 6 unspecified atom stereocenters. The predicted molar refractivity (Wildman–Crippen MR) is 186 cm³/mol. The van der Waals surface area contributed by atoms with Crippen LogP contribution in [-0.2, 0) is 9.47 Å². The summed E-state index contributed by atoms with van der Waals surface area (Å²) in [5.74, 6) is 2.05. The van der Waals surface area contributed by atoms with Gasteiger partial charge < -0.3 is 34.8 Å². The lowest BCUT2D eigenvalue weighted by atomic mass is 10.2. The summed E-state index contributed by atoms with van der Waals surface area (Å²) in [6.07, 6.45) is 1.37. The standard InChI is InChI=1S/C36H43F2N9O3/c37-29-15-27-18-49-20-31(29)46(27)34-41-33(42-35(43-34)47-28-16-30(38)32(47)21-50-19-28)23-3-5-24(6-4-23)39-36(48)40-25-7-9-26(10-8-25)45-13-11-44(12-14-45)17-22-1-2-22/h3-10,22,27-32H,1-2,11-21H2,(H2,39,40,48). The van der Waals surface area contributed by atoms with Gasteiger partial charge in [-0.05, 0) is 67.3 Å². The van der Waals surface area contributed by atoms with Crippen LogP contribution < -0.4 is 25.3 Å². The maximum Gasteiger partial charge on any atom is 0.323 e. The van der Waals surface area contributed by atoms with Crippen molar-refractivity contribution in [3.05, 3.63) is 48.5 Å². The van der Waals surface area contributed by atoms with Crippen molar-refractivity contribution in [3.63, 3.8) is 0 Å². The minimum Gasteiger partial charge on any atom is -0.377 e. The fraction of sp³-hybridized carbons (Fsp3) is 0.556. The van der Waals surface area contributed by atoms with E-state index in [1.165, 1.54) is 25.1 Å². The number of benzene rings is 2. The molecule has 50 heavy (non-hydrogen) atoms. The number of nitrogens with one attached hydrogen (secondary N) is 2. The fourth-order valence-electron chi connectivity index (χ4n) is 8.21. The fourth-order valence-corrected chi connectivity index (χ4v) is 8.21. The molecule has 1 saturated carbocycles. The zero-order valence-corrected chi connectivity index (χ0v) is 28.0. The molecule has 264 valence electrons. The Hall–Kier alpha value is -4.14. The SMILES string of the molecule is O=C(Nc1ccc(-c2nc(N3C4COCC3C(F)C4)nc(N3C4COCC3C(F)C4)n2)cc1)Nc1ccc(N2CCN(CC3CC3)CC2)cc1. The zero-order chi connectivity index (χ0) is 33.8. The summed E-state index contributed by atoms with van der Waals surface area (Å²) in [5.41, 5.74) is 3.17. The van der Waals surface area contributed by atoms with Crippen LogP contribution in [0.1, 0.15) is 25.7 Å². The highest BCUT2D eigenvalue weighted by Gasteiger charge is 2.49. The molecule has 0 radical (unpaired) electrons. The molecule has 4 bridgehead atoms. The second-order valence-corrected chi connectivity index (χ2v) is 14.5. The Morgan fingerprint density at radius 1 is 0.720 bits per heavy atom. The zero-order valence-electron chi connectivity index (χ0n) is 28.0. The van der Waals surface area contributed by atoms with E-state index < -0.39 is 24.4 Å². The molecule has 0 spiro atoms. The number of hydrogen-bond donors (Lipinski definition) is 2. The van der Waals surface area contributed by atoms with Gasteiger partial charge in [-0.3, -0.25) is 4.90 Å². The van der Waals surface area contributed by atoms with E-state index in [2.05, 4.69) is 32.6 Å². The highest BCUT2D eigenvalue weighted by molar-refractivity contribution is 6.00. The number of amides is 2. The number of hydrogen-bond acceptors (Lipinski definition) is 10. The Balaban J connectivity index is 0.884. The summed E-state index contributed by atoms with van der Waals surface area (Å²) < 4.78 is 41.3. The maximum absolute atomic E-state index is 15.0. The maximum atomic E-state index is 15.0. The van der Waals surface area contributed by atoms with Crippen LogP contribution in [0.3, 0.4) is 0 Å². The first-order chi connectivity index (χ1) is 24.4. The molecule has 2 amide bonds. The molecule has 6 fully saturated rings. The van der Waals surface area contributed by atoms with Gasteiger partial charge in [0.1, 0.15) is 12.3 Å². The van der Waals surface area contributed by atoms with E-state index in [9.17, 15) is 13.6 Å². The van der Waals surface area contributed by atoms with Crippen LogP contribution in [0.15, 0.2) is 48.5 Å². The molecule has 5 saturated heterocycles. The second-order valence-electron chi connectivity index (χ2n) is 14.5. The van der Waals surface area contributed by atoms with Crippen LogP contribution in [0.25, 0.3) is 11.4 Å². The summed E-state index contributed by atoms with van der Waals surface area (Å²) in [6.45, 7) is 6.76. The summed E-state index contributed by atoms with van der Waals surface area (Å²) >= 11 is 0. The highest BCUT2D eigenvalue weighted by Crippen LogP contribution is 2.39. The number of carbonyl (C=O) groups excluding carboxylic acids is 1. The van der Waals surface area contributed by atoms with Gasteiger partial charge in [-0.1, -0.05) is 0 Å². The van der Waals surface area contributed by atoms with Crippen molar-refractivity contribution in [2.75, 3.05) is 84.5 Å². The molecule has 2 aromatic carbocycles. The Morgan fingerprint density at radius 2 is 1.26 bits per heavy atom. The number of nitrogens with zero attached hydrogens (tertiary/aromatic N) is 7. The van der Waals surface area contributed by atoms with E-state index in [-0.39, 0.29) is 31.3 Å². The van der Waals surface area contributed by atoms with Gasteiger partial charge >= 0.3 is 6.03 Å². The third-order valence-corrected chi connectivity index (χ3v) is 11.1. The lowest BCUT2D eigenvalue weighted by Gasteiger charge is -2.37. The third kappa shape index (κ3) is 6.33. The molecular weight excluding hydrogens is 644 g/mol. The number of piperazine rings is 1. The molecule has 2 N–H and O–H groups in total. The number of ether oxygens (including phenoxy) is 2. The summed E-state index contributed by atoms with van der Waals surface area (Å²) in [5, 5.41) is 5.82. The Kier molecular flexibility index (Phi) is 8.40. The van der Waals surface area contributed by atoms with Crippen LogP contribution >= 0.6 is 0 Å². The van der Waals surface area contributed by atoms with Gasteiger partial charge in [-0.15, -0.1) is 0 Å². The van der Waals surface area contributed by atoms with Crippen LogP contribution in [0, 0.1) is 5.92 Å². The van der Waals surface area contributed by atoms with Gasteiger partial charge in [0, 0.05) is 68.2 Å². The van der Waals surface area contributed by atoms with Crippen molar-refractivity contribution in [2.24, 2.45) is 5.92 Å². The first-order valence-corrected chi connectivity index (χ1v) is 18.0. The van der Waals surface area contributed by atoms with E-state index in [1.807, 2.05) is 34.1 Å². The molecule has 5 aliphatic heterocycles. The molecule has 14 heteroatoms. The van der Waals surface area contributed by atoms with Gasteiger partial charge in [0.25, 0.3) is 0 Å². The number of aromatic nitrogens is 3. The van der Waals surface area contributed by atoms with Gasteiger partial charge in [-0.25, -0.2) is 13.6 Å². The van der Waals surface area contributed by atoms with Gasteiger partial charge in [-0.2, -0.15) is 15.0 Å². The van der Waals surface area contributed by atoms with E-state index in [0.29, 0.717) is 60.7 Å². The topological polar surface area (TPSA) is 111 Å². The second kappa shape index (κ2) is 13.2. The Morgan fingerprint density at radius 3 is 1.78 bits per heavy atom. The van der Waals surface area contributed by atoms with Crippen molar-refractivity contribution in [1.82, 2.24) is 19.9 Å². The third-order valence-electron chi connectivity index (χ3n) is 11.1. The number of halogens is 2. The van der Waals surface area contributed by atoms with Gasteiger partial charge in [0.05, 0.1) is 50.6 Å². The molecule has 1 aliphatic carbocycles. The largest absolute Gasteiger partial charge is 0.377 e. The monoisotopic (exact) mass is 687 g/mol. The van der Waals surface area contributed by atoms with Crippen LogP contribution in [-0.4, -0.2) is 122 Å². The quantitative estimate of drug-likeness (QED) is 0.355. The van der Waals surface area contributed by atoms with Gasteiger partial charge in [0.2, 0.25) is 11.9 Å². The lowest BCUT2D eigenvalue weighted by molar-refractivity contribution is 0.0810. The van der Waals surface area contributed by atoms with E-state index in [4.69, 9.17) is 24.4 Å². The van der Waals surface area contributed by atoms with Crippen molar-refractivity contribution in [1.29, 1.82) is 0 Å². The van der Waals surface area contributed by atoms with Crippen LogP contribution in [0.4, 0.5) is 42.5 Å². The number of rotatable bonds is 8. The van der Waals surface area contributed by atoms with Crippen LogP contribution in [0.5, 0.6) is 0 Å². The molecule has 6 aliphatic rings. The summed E-state index contributed by atoms with van der Waals surface area (Å²) in [4.78, 5) is 36.2. The van der Waals surface area contributed by atoms with Gasteiger partial charge in [0.15, 0.2) is 5.82 Å². The van der Waals surface area contributed by atoms with Crippen molar-refractivity contribution in [3.8, 4) is 11.4 Å². The minimum atomic E-state index is -1.05. The lowest BCUT2D eigenvalue weighted by Crippen LogP contribution is -2.50. The van der Waals surface area contributed by atoms with E-state index >= 15 is 0 Å². The molecule has 1 aromatic heterocycles. The molecular formula is C36H43F2N9O3. The molecule has 6 atom stereocenters. The summed E-state index contributed by atoms with van der Waals surface area (Å²) in [6, 6.07) is 13.5. The van der Waals surface area contributed by atoms with Crippen molar-refractivity contribution < 1.29 is 23.0 Å². The average Bonchev–Trinajstić information content (AvgIpc) is 3.90. The Bertz CT molecular complexity index is 1640. The average molecular weight is 688 g/mol. The van der Waals surface area contributed by atoms with Crippen molar-refractivity contribution >= 4 is 35.0 Å². The Labute approximate surface area is 290 Å². The van der Waals surface area contributed by atoms with Crippen molar-refractivity contribution in [2.45, 2.75) is 62.2 Å². The molecule has 9 rings (SSSR count). The molecule has 12 nitrogen and oxygen atoms in total. The van der Waals surface area contributed by atoms with E-state index in [1.54, 1.807) is 12.1 Å².